The van der Waals surface area contributed by atoms with E-state index in [4.69, 9.17) is 10.5 Å². The van der Waals surface area contributed by atoms with E-state index in [1.54, 1.807) is 18.2 Å². The molecule has 0 unspecified atom stereocenters. The molecule has 0 fully saturated rings. The van der Waals surface area contributed by atoms with Crippen molar-refractivity contribution in [2.24, 2.45) is 5.73 Å². The van der Waals surface area contributed by atoms with Crippen LogP contribution in [0.5, 0.6) is 11.6 Å². The zero-order valence-electron chi connectivity index (χ0n) is 8.86. The minimum Gasteiger partial charge on any atom is -0.436 e. The number of rotatable bonds is 3. The summed E-state index contributed by atoms with van der Waals surface area (Å²) in [5.74, 6) is -0.0685. The minimum absolute atomic E-state index is 0.0638. The van der Waals surface area contributed by atoms with Crippen molar-refractivity contribution in [3.8, 4) is 11.6 Å². The Kier molecular flexibility index (Phi) is 3.71. The lowest BCUT2D eigenvalue weighted by Gasteiger charge is -2.07. The van der Waals surface area contributed by atoms with Crippen LogP contribution < -0.4 is 10.5 Å². The van der Waals surface area contributed by atoms with Gasteiger partial charge in [0, 0.05) is 22.8 Å². The first-order valence-corrected chi connectivity index (χ1v) is 5.77. The molecule has 0 amide bonds. The fourth-order valence-electron chi connectivity index (χ4n) is 1.33. The summed E-state index contributed by atoms with van der Waals surface area (Å²) in [4.78, 5) is 3.84. The average Bonchev–Trinajstić information content (AvgIpc) is 2.32. The fourth-order valence-corrected chi connectivity index (χ4v) is 1.71. The third-order valence-corrected chi connectivity index (χ3v) is 2.66. The van der Waals surface area contributed by atoms with Crippen LogP contribution in [0.4, 0.5) is 4.39 Å². The van der Waals surface area contributed by atoms with Gasteiger partial charge in [-0.3, -0.25) is 0 Å². The van der Waals surface area contributed by atoms with Crippen LogP contribution in [0.3, 0.4) is 0 Å². The summed E-state index contributed by atoms with van der Waals surface area (Å²) in [6.07, 6.45) is 1.47. The first kappa shape index (κ1) is 12.0. The minimum atomic E-state index is -0.519. The predicted octanol–water partition coefficient (Wildman–Crippen LogP) is 3.23. The van der Waals surface area contributed by atoms with E-state index in [9.17, 15) is 4.39 Å². The highest BCUT2D eigenvalue weighted by molar-refractivity contribution is 9.10. The zero-order valence-corrected chi connectivity index (χ0v) is 10.4. The molecule has 1 heterocycles. The second-order valence-corrected chi connectivity index (χ2v) is 4.27. The Hall–Kier alpha value is -1.46. The molecule has 2 aromatic rings. The largest absolute Gasteiger partial charge is 0.436 e. The number of halogens is 2. The molecule has 3 nitrogen and oxygen atoms in total. The van der Waals surface area contributed by atoms with Gasteiger partial charge in [-0.1, -0.05) is 22.0 Å². The van der Waals surface area contributed by atoms with Crippen LogP contribution in [0.15, 0.2) is 41.0 Å². The lowest BCUT2D eigenvalue weighted by atomic mass is 10.2. The molecule has 0 spiro atoms. The third-order valence-electron chi connectivity index (χ3n) is 2.17. The van der Waals surface area contributed by atoms with E-state index >= 15 is 0 Å². The first-order valence-electron chi connectivity index (χ1n) is 4.97. The Labute approximate surface area is 107 Å². The van der Waals surface area contributed by atoms with E-state index in [-0.39, 0.29) is 12.4 Å². The Morgan fingerprint density at radius 3 is 2.88 bits per heavy atom. The van der Waals surface area contributed by atoms with Crippen LogP contribution in [-0.4, -0.2) is 4.98 Å². The van der Waals surface area contributed by atoms with E-state index < -0.39 is 5.82 Å². The van der Waals surface area contributed by atoms with Gasteiger partial charge in [-0.15, -0.1) is 0 Å². The molecule has 0 atom stereocenters. The number of pyridine rings is 1. The van der Waals surface area contributed by atoms with Gasteiger partial charge >= 0.3 is 0 Å². The summed E-state index contributed by atoms with van der Waals surface area (Å²) >= 11 is 3.31. The highest BCUT2D eigenvalue weighted by atomic mass is 79.9. The molecular weight excluding hydrogens is 287 g/mol. The van der Waals surface area contributed by atoms with E-state index in [0.717, 1.165) is 4.47 Å². The van der Waals surface area contributed by atoms with Crippen LogP contribution in [0.2, 0.25) is 0 Å². The monoisotopic (exact) mass is 296 g/mol. The molecule has 1 aromatic carbocycles. The van der Waals surface area contributed by atoms with Gasteiger partial charge < -0.3 is 10.5 Å². The van der Waals surface area contributed by atoms with Crippen molar-refractivity contribution in [1.82, 2.24) is 4.98 Å². The fraction of sp³-hybridized carbons (Fsp3) is 0.0833. The number of nitrogens with two attached hydrogens (primary N) is 1. The van der Waals surface area contributed by atoms with Gasteiger partial charge in [0.2, 0.25) is 0 Å². The standard InChI is InChI=1S/C12H10BrFN2O/c13-9-2-1-3-10(6-9)17-12-11(14)8(7-15)4-5-16-12/h1-6H,7,15H2. The number of hydrogen-bond acceptors (Lipinski definition) is 3. The number of benzene rings is 1. The van der Waals surface area contributed by atoms with Crippen molar-refractivity contribution in [3.05, 3.63) is 52.4 Å². The molecule has 0 bridgehead atoms. The summed E-state index contributed by atoms with van der Waals surface area (Å²) in [5, 5.41) is 0. The average molecular weight is 297 g/mol. The van der Waals surface area contributed by atoms with Crippen molar-refractivity contribution in [1.29, 1.82) is 0 Å². The topological polar surface area (TPSA) is 48.1 Å². The SMILES string of the molecule is NCc1ccnc(Oc2cccc(Br)c2)c1F. The predicted molar refractivity (Wildman–Crippen MR) is 66.3 cm³/mol. The quantitative estimate of drug-likeness (QED) is 0.946. The van der Waals surface area contributed by atoms with E-state index in [1.807, 2.05) is 6.07 Å². The molecule has 0 saturated carbocycles. The summed E-state index contributed by atoms with van der Waals surface area (Å²) < 4.78 is 20.0. The molecule has 2 N–H and O–H groups in total. The molecular formula is C12H10BrFN2O. The zero-order chi connectivity index (χ0) is 12.3. The lowest BCUT2D eigenvalue weighted by molar-refractivity contribution is 0.419. The molecule has 88 valence electrons. The smallest absolute Gasteiger partial charge is 0.256 e. The normalized spacial score (nSPS) is 10.3. The van der Waals surface area contributed by atoms with E-state index in [0.29, 0.717) is 11.3 Å². The third kappa shape index (κ3) is 2.81. The van der Waals surface area contributed by atoms with Gasteiger partial charge in [-0.2, -0.15) is 0 Å². The second kappa shape index (κ2) is 5.25. The molecule has 0 aliphatic carbocycles. The molecule has 1 aromatic heterocycles. The van der Waals surface area contributed by atoms with Gasteiger partial charge in [-0.25, -0.2) is 9.37 Å². The maximum atomic E-state index is 13.8. The number of nitrogens with zero attached hydrogens (tertiary/aromatic N) is 1. The molecule has 2 rings (SSSR count). The Bertz CT molecular complexity index is 534. The van der Waals surface area contributed by atoms with Gasteiger partial charge in [0.1, 0.15) is 5.75 Å². The molecule has 0 radical (unpaired) electrons. The van der Waals surface area contributed by atoms with Crippen LogP contribution in [-0.2, 0) is 6.54 Å². The second-order valence-electron chi connectivity index (χ2n) is 3.35. The van der Waals surface area contributed by atoms with E-state index in [1.165, 1.54) is 12.3 Å². The van der Waals surface area contributed by atoms with Gasteiger partial charge in [0.15, 0.2) is 5.82 Å². The van der Waals surface area contributed by atoms with Crippen LogP contribution in [0, 0.1) is 5.82 Å². The molecule has 17 heavy (non-hydrogen) atoms. The van der Waals surface area contributed by atoms with E-state index in [2.05, 4.69) is 20.9 Å². The molecule has 0 aliphatic rings. The highest BCUT2D eigenvalue weighted by Crippen LogP contribution is 2.25. The van der Waals surface area contributed by atoms with Crippen molar-refractivity contribution in [3.63, 3.8) is 0 Å². The summed E-state index contributed by atoms with van der Waals surface area (Å²) in [6.45, 7) is 0.114. The van der Waals surface area contributed by atoms with Gasteiger partial charge in [0.25, 0.3) is 5.88 Å². The van der Waals surface area contributed by atoms with Crippen molar-refractivity contribution >= 4 is 15.9 Å². The van der Waals surface area contributed by atoms with Crippen molar-refractivity contribution < 1.29 is 9.13 Å². The Morgan fingerprint density at radius 1 is 1.35 bits per heavy atom. The van der Waals surface area contributed by atoms with Gasteiger partial charge in [0.05, 0.1) is 0 Å². The van der Waals surface area contributed by atoms with Crippen LogP contribution in [0.25, 0.3) is 0 Å². The molecule has 0 saturated heterocycles. The highest BCUT2D eigenvalue weighted by Gasteiger charge is 2.10. The van der Waals surface area contributed by atoms with Crippen molar-refractivity contribution in [2.45, 2.75) is 6.54 Å². The Balaban J connectivity index is 2.30. The summed E-state index contributed by atoms with van der Waals surface area (Å²) in [6, 6.07) is 8.64. The Morgan fingerprint density at radius 2 is 2.18 bits per heavy atom. The van der Waals surface area contributed by atoms with Crippen LogP contribution in [0.1, 0.15) is 5.56 Å². The van der Waals surface area contributed by atoms with Crippen molar-refractivity contribution in [2.75, 3.05) is 0 Å². The summed E-state index contributed by atoms with van der Waals surface area (Å²) in [5.41, 5.74) is 5.79. The maximum Gasteiger partial charge on any atom is 0.256 e. The lowest BCUT2D eigenvalue weighted by Crippen LogP contribution is -2.02. The first-order chi connectivity index (χ1) is 8.20. The number of hydrogen-bond donors (Lipinski definition) is 1. The molecule has 0 aliphatic heterocycles. The summed E-state index contributed by atoms with van der Waals surface area (Å²) in [7, 11) is 0. The van der Waals surface area contributed by atoms with Gasteiger partial charge in [-0.05, 0) is 24.3 Å². The number of aromatic nitrogens is 1. The van der Waals surface area contributed by atoms with Crippen LogP contribution >= 0.6 is 15.9 Å². The maximum absolute atomic E-state index is 13.8. The molecule has 5 heteroatoms. The number of ether oxygens (including phenoxy) is 1.